The highest BCUT2D eigenvalue weighted by molar-refractivity contribution is 9.10. The van der Waals surface area contributed by atoms with Gasteiger partial charge in [0.15, 0.2) is 0 Å². The van der Waals surface area contributed by atoms with Crippen LogP contribution < -0.4 is 10.5 Å². The van der Waals surface area contributed by atoms with Crippen LogP contribution >= 0.6 is 39.1 Å². The first-order valence-electron chi connectivity index (χ1n) is 4.67. The molecule has 0 amide bonds. The standard InChI is InChI=1S/C11H12BrCl2NO/c1-7(15)10-4-8(12)2-3-11(10)16-6-9(14)5-13/h2-5,7H,6,15H2,1H3/t7-/m0/s1. The summed E-state index contributed by atoms with van der Waals surface area (Å²) in [5, 5.41) is 0.445. The van der Waals surface area contributed by atoms with Gasteiger partial charge in [0.05, 0.1) is 5.03 Å². The lowest BCUT2D eigenvalue weighted by atomic mass is 10.1. The van der Waals surface area contributed by atoms with Crippen LogP contribution in [0.25, 0.3) is 0 Å². The summed E-state index contributed by atoms with van der Waals surface area (Å²) in [4.78, 5) is 0. The zero-order valence-corrected chi connectivity index (χ0v) is 11.8. The molecule has 2 nitrogen and oxygen atoms in total. The van der Waals surface area contributed by atoms with Crippen LogP contribution in [-0.4, -0.2) is 6.61 Å². The lowest BCUT2D eigenvalue weighted by molar-refractivity contribution is 0.353. The quantitative estimate of drug-likeness (QED) is 0.902. The van der Waals surface area contributed by atoms with Crippen LogP contribution in [0.1, 0.15) is 18.5 Å². The average Bonchev–Trinajstić information content (AvgIpc) is 2.26. The zero-order chi connectivity index (χ0) is 12.1. The van der Waals surface area contributed by atoms with Crippen LogP contribution in [0.3, 0.4) is 0 Å². The Hall–Kier alpha value is -0.220. The topological polar surface area (TPSA) is 35.2 Å². The van der Waals surface area contributed by atoms with Gasteiger partial charge in [0.1, 0.15) is 12.4 Å². The summed E-state index contributed by atoms with van der Waals surface area (Å²) < 4.78 is 6.48. The lowest BCUT2D eigenvalue weighted by Gasteiger charge is -2.14. The minimum absolute atomic E-state index is 0.105. The molecule has 0 aromatic heterocycles. The third kappa shape index (κ3) is 3.98. The average molecular weight is 325 g/mol. The van der Waals surface area contributed by atoms with Crippen LogP contribution in [0, 0.1) is 0 Å². The molecule has 1 rings (SSSR count). The van der Waals surface area contributed by atoms with Gasteiger partial charge >= 0.3 is 0 Å². The molecule has 0 aliphatic rings. The third-order valence-corrected chi connectivity index (χ3v) is 3.03. The van der Waals surface area contributed by atoms with Crippen molar-refractivity contribution in [1.29, 1.82) is 0 Å². The molecule has 0 aliphatic heterocycles. The van der Waals surface area contributed by atoms with Gasteiger partial charge in [0, 0.05) is 21.6 Å². The molecule has 2 N–H and O–H groups in total. The van der Waals surface area contributed by atoms with E-state index in [4.69, 9.17) is 33.7 Å². The molecular weight excluding hydrogens is 313 g/mol. The van der Waals surface area contributed by atoms with Crippen LogP contribution in [0.4, 0.5) is 0 Å². The Labute approximate surface area is 113 Å². The second kappa shape index (κ2) is 6.50. The van der Waals surface area contributed by atoms with Crippen LogP contribution in [0.5, 0.6) is 5.75 Å². The van der Waals surface area contributed by atoms with Crippen molar-refractivity contribution in [2.75, 3.05) is 6.61 Å². The summed E-state index contributed by atoms with van der Waals surface area (Å²) in [6.07, 6.45) is 0. The number of hydrogen-bond acceptors (Lipinski definition) is 2. The molecule has 0 spiro atoms. The van der Waals surface area contributed by atoms with E-state index in [-0.39, 0.29) is 12.6 Å². The van der Waals surface area contributed by atoms with Gasteiger partial charge in [0.2, 0.25) is 0 Å². The molecular formula is C11H12BrCl2NO. The van der Waals surface area contributed by atoms with Gasteiger partial charge in [-0.2, -0.15) is 0 Å². The number of nitrogens with two attached hydrogens (primary N) is 1. The van der Waals surface area contributed by atoms with E-state index >= 15 is 0 Å². The van der Waals surface area contributed by atoms with Crippen LogP contribution in [0.2, 0.25) is 0 Å². The molecule has 0 saturated heterocycles. The summed E-state index contributed by atoms with van der Waals surface area (Å²) in [5.74, 6) is 0.717. The fourth-order valence-corrected chi connectivity index (χ4v) is 1.68. The van der Waals surface area contributed by atoms with Crippen LogP contribution in [0.15, 0.2) is 33.2 Å². The van der Waals surface area contributed by atoms with E-state index in [0.717, 1.165) is 15.8 Å². The number of ether oxygens (including phenoxy) is 1. The molecule has 88 valence electrons. The van der Waals surface area contributed by atoms with Crippen LogP contribution in [-0.2, 0) is 0 Å². The van der Waals surface area contributed by atoms with Gasteiger partial charge in [-0.05, 0) is 25.1 Å². The Morgan fingerprint density at radius 2 is 2.31 bits per heavy atom. The van der Waals surface area contributed by atoms with E-state index < -0.39 is 0 Å². The third-order valence-electron chi connectivity index (χ3n) is 1.95. The zero-order valence-electron chi connectivity index (χ0n) is 8.71. The Bertz CT molecular complexity index is 394. The summed E-state index contributed by atoms with van der Waals surface area (Å²) in [6, 6.07) is 5.56. The highest BCUT2D eigenvalue weighted by atomic mass is 79.9. The Morgan fingerprint density at radius 3 is 2.88 bits per heavy atom. The normalized spacial score (nSPS) is 13.7. The van der Waals surface area contributed by atoms with Gasteiger partial charge < -0.3 is 10.5 Å². The fourth-order valence-electron chi connectivity index (χ4n) is 1.18. The molecule has 0 saturated carbocycles. The van der Waals surface area contributed by atoms with Crippen molar-refractivity contribution >= 4 is 39.1 Å². The van der Waals surface area contributed by atoms with Gasteiger partial charge in [-0.1, -0.05) is 39.1 Å². The lowest BCUT2D eigenvalue weighted by Crippen LogP contribution is -2.08. The molecule has 0 fully saturated rings. The largest absolute Gasteiger partial charge is 0.488 e. The SMILES string of the molecule is C[C@H](N)c1cc(Br)ccc1OCC(Cl)=CCl. The minimum atomic E-state index is -0.105. The summed E-state index contributed by atoms with van der Waals surface area (Å²) in [5.41, 5.74) is 8.06. The second-order valence-corrected chi connectivity index (χ2v) is 4.93. The van der Waals surface area contributed by atoms with Gasteiger partial charge in [-0.15, -0.1) is 0 Å². The Morgan fingerprint density at radius 1 is 1.62 bits per heavy atom. The maximum absolute atomic E-state index is 5.85. The first kappa shape index (κ1) is 13.8. The molecule has 16 heavy (non-hydrogen) atoms. The fraction of sp³-hybridized carbons (Fsp3) is 0.273. The molecule has 1 aromatic rings. The van der Waals surface area contributed by atoms with E-state index in [1.807, 2.05) is 25.1 Å². The van der Waals surface area contributed by atoms with E-state index in [1.165, 1.54) is 5.54 Å². The maximum Gasteiger partial charge on any atom is 0.125 e. The predicted octanol–water partition coefficient (Wildman–Crippen LogP) is 4.17. The van der Waals surface area contributed by atoms with E-state index in [1.54, 1.807) is 0 Å². The number of halogens is 3. The number of hydrogen-bond donors (Lipinski definition) is 1. The van der Waals surface area contributed by atoms with Crippen molar-refractivity contribution in [2.24, 2.45) is 5.73 Å². The first-order valence-corrected chi connectivity index (χ1v) is 6.28. The molecule has 0 radical (unpaired) electrons. The van der Waals surface area contributed by atoms with Crippen molar-refractivity contribution in [1.82, 2.24) is 0 Å². The smallest absolute Gasteiger partial charge is 0.125 e. The molecule has 0 bridgehead atoms. The number of benzene rings is 1. The van der Waals surface area contributed by atoms with Crippen molar-refractivity contribution in [3.8, 4) is 5.75 Å². The maximum atomic E-state index is 5.85. The van der Waals surface area contributed by atoms with Crippen molar-refractivity contribution in [2.45, 2.75) is 13.0 Å². The monoisotopic (exact) mass is 323 g/mol. The molecule has 1 atom stereocenters. The van der Waals surface area contributed by atoms with Gasteiger partial charge in [-0.25, -0.2) is 0 Å². The van der Waals surface area contributed by atoms with Gasteiger partial charge in [-0.3, -0.25) is 0 Å². The van der Waals surface area contributed by atoms with E-state index in [2.05, 4.69) is 15.9 Å². The Kier molecular flexibility index (Phi) is 5.62. The molecule has 0 unspecified atom stereocenters. The summed E-state index contributed by atoms with van der Waals surface area (Å²) in [6.45, 7) is 2.14. The van der Waals surface area contributed by atoms with Crippen molar-refractivity contribution in [3.63, 3.8) is 0 Å². The number of rotatable bonds is 4. The molecule has 1 aromatic carbocycles. The summed E-state index contributed by atoms with van der Waals surface area (Å²) >= 11 is 14.6. The highest BCUT2D eigenvalue weighted by Crippen LogP contribution is 2.28. The van der Waals surface area contributed by atoms with Crippen molar-refractivity contribution in [3.05, 3.63) is 38.8 Å². The van der Waals surface area contributed by atoms with E-state index in [9.17, 15) is 0 Å². The predicted molar refractivity (Wildman–Crippen MR) is 72.0 cm³/mol. The molecule has 0 aliphatic carbocycles. The van der Waals surface area contributed by atoms with Crippen molar-refractivity contribution < 1.29 is 4.74 Å². The Balaban J connectivity index is 2.87. The second-order valence-electron chi connectivity index (χ2n) is 3.32. The van der Waals surface area contributed by atoms with Gasteiger partial charge in [0.25, 0.3) is 0 Å². The molecule has 0 heterocycles. The summed E-state index contributed by atoms with van der Waals surface area (Å²) in [7, 11) is 0. The minimum Gasteiger partial charge on any atom is -0.488 e. The molecule has 5 heteroatoms. The highest BCUT2D eigenvalue weighted by Gasteiger charge is 2.09. The van der Waals surface area contributed by atoms with E-state index in [0.29, 0.717) is 5.03 Å². The first-order chi connectivity index (χ1) is 7.54.